The van der Waals surface area contributed by atoms with E-state index in [4.69, 9.17) is 17.0 Å². The monoisotopic (exact) mass is 208 g/mol. The molecule has 0 fully saturated rings. The minimum absolute atomic E-state index is 0.0862. The molecule has 0 aliphatic heterocycles. The van der Waals surface area contributed by atoms with Crippen LogP contribution in [0.25, 0.3) is 0 Å². The van der Waals surface area contributed by atoms with Crippen LogP contribution in [0.5, 0.6) is 0 Å². The number of hydrogen-bond acceptors (Lipinski definition) is 3. The zero-order chi connectivity index (χ0) is 10.4. The van der Waals surface area contributed by atoms with Crippen molar-refractivity contribution in [2.45, 2.75) is 12.8 Å². The van der Waals surface area contributed by atoms with E-state index in [9.17, 15) is 4.79 Å². The number of rotatable bonds is 4. The molecule has 0 heterocycles. The molecular formula is C11H12O2S. The van der Waals surface area contributed by atoms with Crippen molar-refractivity contribution in [3.05, 3.63) is 35.9 Å². The summed E-state index contributed by atoms with van der Waals surface area (Å²) >= 11 is 4.80. The summed E-state index contributed by atoms with van der Waals surface area (Å²) < 4.78 is 4.77. The zero-order valence-corrected chi connectivity index (χ0v) is 8.84. The summed E-state index contributed by atoms with van der Waals surface area (Å²) in [6.45, 7) is 0. The third-order valence-corrected chi connectivity index (χ3v) is 2.12. The van der Waals surface area contributed by atoms with Crippen molar-refractivity contribution in [1.82, 2.24) is 0 Å². The molecule has 14 heavy (non-hydrogen) atoms. The first-order chi connectivity index (χ1) is 6.72. The van der Waals surface area contributed by atoms with Gasteiger partial charge in [-0.2, -0.15) is 0 Å². The van der Waals surface area contributed by atoms with E-state index >= 15 is 0 Å². The van der Waals surface area contributed by atoms with Crippen molar-refractivity contribution in [3.63, 3.8) is 0 Å². The summed E-state index contributed by atoms with van der Waals surface area (Å²) in [6, 6.07) is 9.60. The summed E-state index contributed by atoms with van der Waals surface area (Å²) in [4.78, 5) is 11.4. The number of methoxy groups -OCH3 is 1. The fraction of sp³-hybridized carbons (Fsp3) is 0.273. The molecule has 0 aliphatic rings. The van der Waals surface area contributed by atoms with Crippen molar-refractivity contribution in [1.29, 1.82) is 0 Å². The SMILES string of the molecule is COC(=S)CC(=O)Cc1ccccc1. The van der Waals surface area contributed by atoms with E-state index in [1.165, 1.54) is 7.11 Å². The van der Waals surface area contributed by atoms with Crippen LogP contribution in [0.2, 0.25) is 0 Å². The normalized spacial score (nSPS) is 9.50. The Labute approximate surface area is 88.9 Å². The first-order valence-corrected chi connectivity index (χ1v) is 4.75. The Bertz CT molecular complexity index is 319. The number of hydrogen-bond donors (Lipinski definition) is 0. The molecule has 0 aromatic heterocycles. The van der Waals surface area contributed by atoms with Crippen molar-refractivity contribution in [2.24, 2.45) is 0 Å². The van der Waals surface area contributed by atoms with Gasteiger partial charge in [0, 0.05) is 6.42 Å². The van der Waals surface area contributed by atoms with E-state index in [0.717, 1.165) is 5.56 Å². The highest BCUT2D eigenvalue weighted by molar-refractivity contribution is 7.80. The van der Waals surface area contributed by atoms with Gasteiger partial charge in [0.1, 0.15) is 5.78 Å². The van der Waals surface area contributed by atoms with Gasteiger partial charge in [0.2, 0.25) is 0 Å². The minimum Gasteiger partial charge on any atom is -0.490 e. The van der Waals surface area contributed by atoms with Crippen LogP contribution in [-0.2, 0) is 16.0 Å². The Balaban J connectivity index is 2.46. The highest BCUT2D eigenvalue weighted by atomic mass is 32.1. The number of benzene rings is 1. The molecule has 1 aromatic carbocycles. The van der Waals surface area contributed by atoms with E-state index < -0.39 is 0 Å². The molecule has 2 nitrogen and oxygen atoms in total. The lowest BCUT2D eigenvalue weighted by atomic mass is 10.1. The van der Waals surface area contributed by atoms with E-state index in [0.29, 0.717) is 11.5 Å². The molecule has 0 atom stereocenters. The summed E-state index contributed by atoms with van der Waals surface area (Å²) in [5.41, 5.74) is 1.01. The molecule has 0 radical (unpaired) electrons. The smallest absolute Gasteiger partial charge is 0.166 e. The molecule has 1 aromatic rings. The van der Waals surface area contributed by atoms with Gasteiger partial charge in [-0.05, 0) is 17.8 Å². The molecule has 0 saturated heterocycles. The van der Waals surface area contributed by atoms with E-state index in [-0.39, 0.29) is 12.2 Å². The standard InChI is InChI=1S/C11H12O2S/c1-13-11(14)8-10(12)7-9-5-3-2-4-6-9/h2-6H,7-8H2,1H3. The lowest BCUT2D eigenvalue weighted by Crippen LogP contribution is -2.09. The number of Topliss-reactive ketones (excluding diaryl/α,β-unsaturated/α-hetero) is 1. The minimum atomic E-state index is 0.0862. The van der Waals surface area contributed by atoms with Gasteiger partial charge < -0.3 is 4.74 Å². The molecule has 1 rings (SSSR count). The highest BCUT2D eigenvalue weighted by Gasteiger charge is 2.06. The van der Waals surface area contributed by atoms with Gasteiger partial charge in [-0.15, -0.1) is 0 Å². The first-order valence-electron chi connectivity index (χ1n) is 4.35. The average Bonchev–Trinajstić information content (AvgIpc) is 2.19. The fourth-order valence-corrected chi connectivity index (χ4v) is 1.28. The predicted molar refractivity (Wildman–Crippen MR) is 59.4 cm³/mol. The van der Waals surface area contributed by atoms with Gasteiger partial charge in [0.15, 0.2) is 5.05 Å². The number of carbonyl (C=O) groups excluding carboxylic acids is 1. The number of carbonyl (C=O) groups is 1. The van der Waals surface area contributed by atoms with Crippen LogP contribution in [0.4, 0.5) is 0 Å². The lowest BCUT2D eigenvalue weighted by Gasteiger charge is -2.01. The fourth-order valence-electron chi connectivity index (χ4n) is 1.12. The summed E-state index contributed by atoms with van der Waals surface area (Å²) in [5.74, 6) is 0.0862. The first kappa shape index (κ1) is 10.9. The van der Waals surface area contributed by atoms with Crippen LogP contribution in [0, 0.1) is 0 Å². The van der Waals surface area contributed by atoms with Crippen molar-refractivity contribution in [3.8, 4) is 0 Å². The second-order valence-corrected chi connectivity index (χ2v) is 3.41. The average molecular weight is 208 g/mol. The van der Waals surface area contributed by atoms with Gasteiger partial charge >= 0.3 is 0 Å². The summed E-state index contributed by atoms with van der Waals surface area (Å²) in [7, 11) is 1.48. The molecule has 74 valence electrons. The molecular weight excluding hydrogens is 196 g/mol. The number of ether oxygens (including phenoxy) is 1. The topological polar surface area (TPSA) is 26.3 Å². The van der Waals surface area contributed by atoms with Crippen molar-refractivity contribution in [2.75, 3.05) is 7.11 Å². The molecule has 0 bridgehead atoms. The third-order valence-electron chi connectivity index (χ3n) is 1.81. The van der Waals surface area contributed by atoms with Crippen molar-refractivity contribution < 1.29 is 9.53 Å². The van der Waals surface area contributed by atoms with Crippen molar-refractivity contribution >= 4 is 23.1 Å². The highest BCUT2D eigenvalue weighted by Crippen LogP contribution is 2.02. The molecule has 0 N–H and O–H groups in total. The quantitative estimate of drug-likeness (QED) is 0.709. The summed E-state index contributed by atoms with van der Waals surface area (Å²) in [5, 5.41) is 0.353. The molecule has 3 heteroatoms. The zero-order valence-electron chi connectivity index (χ0n) is 8.03. The second-order valence-electron chi connectivity index (χ2n) is 2.95. The maximum absolute atomic E-state index is 11.4. The van der Waals surface area contributed by atoms with Gasteiger partial charge in [-0.1, -0.05) is 30.3 Å². The Hall–Kier alpha value is -1.22. The molecule has 0 spiro atoms. The maximum Gasteiger partial charge on any atom is 0.166 e. The Morgan fingerprint density at radius 3 is 2.57 bits per heavy atom. The largest absolute Gasteiger partial charge is 0.490 e. The molecule has 0 saturated carbocycles. The van der Waals surface area contributed by atoms with E-state index in [2.05, 4.69) is 0 Å². The van der Waals surface area contributed by atoms with Gasteiger partial charge in [-0.25, -0.2) is 0 Å². The van der Waals surface area contributed by atoms with Crippen LogP contribution in [0.3, 0.4) is 0 Å². The van der Waals surface area contributed by atoms with Crippen LogP contribution >= 0.6 is 12.2 Å². The van der Waals surface area contributed by atoms with Crippen LogP contribution in [-0.4, -0.2) is 17.9 Å². The third kappa shape index (κ3) is 3.66. The van der Waals surface area contributed by atoms with Gasteiger partial charge in [0.05, 0.1) is 13.5 Å². The van der Waals surface area contributed by atoms with Crippen LogP contribution < -0.4 is 0 Å². The Kier molecular flexibility index (Phi) is 4.26. The Morgan fingerprint density at radius 1 is 1.36 bits per heavy atom. The van der Waals surface area contributed by atoms with Gasteiger partial charge in [0.25, 0.3) is 0 Å². The van der Waals surface area contributed by atoms with Crippen LogP contribution in [0.1, 0.15) is 12.0 Å². The lowest BCUT2D eigenvalue weighted by molar-refractivity contribution is -0.117. The van der Waals surface area contributed by atoms with Crippen LogP contribution in [0.15, 0.2) is 30.3 Å². The molecule has 0 amide bonds. The molecule has 0 aliphatic carbocycles. The maximum atomic E-state index is 11.4. The predicted octanol–water partition coefficient (Wildman–Crippen LogP) is 2.16. The van der Waals surface area contributed by atoms with E-state index in [1.807, 2.05) is 30.3 Å². The van der Waals surface area contributed by atoms with Gasteiger partial charge in [-0.3, -0.25) is 4.79 Å². The second kappa shape index (κ2) is 5.50. The molecule has 0 unspecified atom stereocenters. The number of thiocarbonyl (C=S) groups is 1. The summed E-state index contributed by atoms with van der Waals surface area (Å²) in [6.07, 6.45) is 0.644. The van der Waals surface area contributed by atoms with E-state index in [1.54, 1.807) is 0 Å². The Morgan fingerprint density at radius 2 is 2.00 bits per heavy atom. The number of ketones is 1.